The normalized spacial score (nSPS) is 25.3. The summed E-state index contributed by atoms with van der Waals surface area (Å²) in [6, 6.07) is 3.97. The van der Waals surface area contributed by atoms with Gasteiger partial charge in [-0.3, -0.25) is 4.79 Å². The minimum absolute atomic E-state index is 0. The molecule has 0 bridgehead atoms. The van der Waals surface area contributed by atoms with Crippen LogP contribution < -0.4 is 10.6 Å². The van der Waals surface area contributed by atoms with Crippen molar-refractivity contribution in [3.8, 4) is 0 Å². The molecular weight excluding hydrogens is 322 g/mol. The van der Waals surface area contributed by atoms with Gasteiger partial charge in [-0.25, -0.2) is 8.78 Å². The van der Waals surface area contributed by atoms with Crippen LogP contribution in [-0.4, -0.2) is 25.0 Å². The number of amides is 1. The van der Waals surface area contributed by atoms with Gasteiger partial charge in [0, 0.05) is 24.4 Å². The van der Waals surface area contributed by atoms with Gasteiger partial charge in [-0.05, 0) is 49.4 Å². The minimum atomic E-state index is -0.833. The van der Waals surface area contributed by atoms with Gasteiger partial charge in [0.05, 0.1) is 0 Å². The topological polar surface area (TPSA) is 41.1 Å². The molecule has 23 heavy (non-hydrogen) atoms. The van der Waals surface area contributed by atoms with E-state index in [0.717, 1.165) is 31.4 Å². The van der Waals surface area contributed by atoms with Gasteiger partial charge in [-0.2, -0.15) is 0 Å². The minimum Gasteiger partial charge on any atom is -0.351 e. The molecule has 1 saturated carbocycles. The fourth-order valence-corrected chi connectivity index (χ4v) is 3.28. The second kappa shape index (κ2) is 7.58. The van der Waals surface area contributed by atoms with Crippen molar-refractivity contribution in [3.05, 3.63) is 35.4 Å². The van der Waals surface area contributed by atoms with E-state index in [4.69, 9.17) is 0 Å². The van der Waals surface area contributed by atoms with E-state index < -0.39 is 11.6 Å². The highest BCUT2D eigenvalue weighted by Gasteiger charge is 2.35. The molecule has 2 N–H and O–H groups in total. The zero-order chi connectivity index (χ0) is 15.7. The molecule has 0 aromatic heterocycles. The summed E-state index contributed by atoms with van der Waals surface area (Å²) in [6.45, 7) is 3.44. The van der Waals surface area contributed by atoms with E-state index in [1.54, 1.807) is 6.07 Å². The van der Waals surface area contributed by atoms with Crippen LogP contribution in [0, 0.1) is 23.5 Å². The van der Waals surface area contributed by atoms with Gasteiger partial charge in [-0.15, -0.1) is 12.4 Å². The fourth-order valence-electron chi connectivity index (χ4n) is 3.28. The number of benzene rings is 1. The monoisotopic (exact) mass is 344 g/mol. The Kier molecular flexibility index (Phi) is 5.98. The molecule has 6 heteroatoms. The quantitative estimate of drug-likeness (QED) is 0.881. The Bertz CT molecular complexity index is 566. The molecule has 1 aliphatic carbocycles. The molecule has 3 unspecified atom stereocenters. The van der Waals surface area contributed by atoms with Gasteiger partial charge in [0.1, 0.15) is 0 Å². The molecule has 1 aromatic rings. The lowest BCUT2D eigenvalue weighted by Gasteiger charge is -2.34. The molecule has 128 valence electrons. The Morgan fingerprint density at radius 1 is 1.26 bits per heavy atom. The van der Waals surface area contributed by atoms with E-state index in [0.29, 0.717) is 12.5 Å². The fraction of sp³-hybridized carbons (Fsp3) is 0.588. The lowest BCUT2D eigenvalue weighted by molar-refractivity contribution is -0.126. The second-order valence-electron chi connectivity index (χ2n) is 6.51. The third-order valence-electron chi connectivity index (χ3n) is 4.92. The van der Waals surface area contributed by atoms with E-state index in [1.807, 2.05) is 6.92 Å². The number of piperidine rings is 1. The van der Waals surface area contributed by atoms with E-state index in [-0.39, 0.29) is 36.2 Å². The third-order valence-corrected chi connectivity index (χ3v) is 4.92. The Morgan fingerprint density at radius 2 is 2.00 bits per heavy atom. The zero-order valence-corrected chi connectivity index (χ0v) is 14.0. The van der Waals surface area contributed by atoms with E-state index >= 15 is 0 Å². The highest BCUT2D eigenvalue weighted by molar-refractivity contribution is 5.85. The lowest BCUT2D eigenvalue weighted by atomic mass is 9.85. The summed E-state index contributed by atoms with van der Waals surface area (Å²) in [4.78, 5) is 12.3. The van der Waals surface area contributed by atoms with Crippen molar-refractivity contribution in [3.63, 3.8) is 0 Å². The molecule has 1 aromatic carbocycles. The molecule has 0 radical (unpaired) electrons. The van der Waals surface area contributed by atoms with Crippen LogP contribution in [0.25, 0.3) is 0 Å². The van der Waals surface area contributed by atoms with Crippen LogP contribution in [0.15, 0.2) is 18.2 Å². The average Bonchev–Trinajstić information content (AvgIpc) is 3.34. The molecule has 3 rings (SSSR count). The lowest BCUT2D eigenvalue weighted by Crippen LogP contribution is -2.51. The first-order valence-corrected chi connectivity index (χ1v) is 8.02. The van der Waals surface area contributed by atoms with Gasteiger partial charge < -0.3 is 10.6 Å². The number of hydrogen-bond acceptors (Lipinski definition) is 2. The largest absolute Gasteiger partial charge is 0.351 e. The molecule has 2 fully saturated rings. The Morgan fingerprint density at radius 3 is 2.65 bits per heavy atom. The average molecular weight is 345 g/mol. The number of halogens is 3. The maximum absolute atomic E-state index is 13.5. The number of hydrogen-bond donors (Lipinski definition) is 2. The number of carbonyl (C=O) groups excluding carboxylic acids is 1. The van der Waals surface area contributed by atoms with Crippen LogP contribution in [0.2, 0.25) is 0 Å². The maximum Gasteiger partial charge on any atom is 0.223 e. The Hall–Kier alpha value is -1.20. The number of rotatable bonds is 4. The molecule has 1 aliphatic heterocycles. The van der Waals surface area contributed by atoms with Crippen LogP contribution in [0.4, 0.5) is 8.78 Å². The summed E-state index contributed by atoms with van der Waals surface area (Å²) in [5, 5.41) is 6.37. The van der Waals surface area contributed by atoms with Crippen LogP contribution in [-0.2, 0) is 4.79 Å². The summed E-state index contributed by atoms with van der Waals surface area (Å²) in [7, 11) is 0. The standard InChI is InChI=1S/C17H22F2N2O.ClH/c1-10(11-2-3-11)17(22)21-16-9-20-7-6-13(16)12-4-5-14(18)15(19)8-12;/h4-5,8,10-11,13,16,20H,2-3,6-7,9H2,1H3,(H,21,22);1H. The van der Waals surface area contributed by atoms with Gasteiger partial charge in [0.15, 0.2) is 11.6 Å². The summed E-state index contributed by atoms with van der Waals surface area (Å²) >= 11 is 0. The summed E-state index contributed by atoms with van der Waals surface area (Å²) in [5.41, 5.74) is 0.754. The van der Waals surface area contributed by atoms with E-state index in [1.165, 1.54) is 12.1 Å². The molecule has 2 aliphatic rings. The Balaban J connectivity index is 0.00000192. The van der Waals surface area contributed by atoms with Gasteiger partial charge in [0.2, 0.25) is 5.91 Å². The third kappa shape index (κ3) is 4.21. The molecule has 0 spiro atoms. The van der Waals surface area contributed by atoms with Gasteiger partial charge in [-0.1, -0.05) is 13.0 Å². The molecule has 1 saturated heterocycles. The molecule has 1 heterocycles. The predicted octanol–water partition coefficient (Wildman–Crippen LogP) is 2.99. The van der Waals surface area contributed by atoms with Crippen molar-refractivity contribution in [2.24, 2.45) is 11.8 Å². The molecular formula is C17H23ClF2N2O. The van der Waals surface area contributed by atoms with Gasteiger partial charge >= 0.3 is 0 Å². The zero-order valence-electron chi connectivity index (χ0n) is 13.1. The number of carbonyl (C=O) groups is 1. The van der Waals surface area contributed by atoms with Crippen molar-refractivity contribution in [2.45, 2.75) is 38.1 Å². The highest BCUT2D eigenvalue weighted by atomic mass is 35.5. The van der Waals surface area contributed by atoms with Crippen LogP contribution in [0.5, 0.6) is 0 Å². The second-order valence-corrected chi connectivity index (χ2v) is 6.51. The van der Waals surface area contributed by atoms with Crippen LogP contribution >= 0.6 is 12.4 Å². The summed E-state index contributed by atoms with van der Waals surface area (Å²) < 4.78 is 26.6. The van der Waals surface area contributed by atoms with Gasteiger partial charge in [0.25, 0.3) is 0 Å². The summed E-state index contributed by atoms with van der Waals surface area (Å²) in [5.74, 6) is -1.02. The van der Waals surface area contributed by atoms with Crippen molar-refractivity contribution in [2.75, 3.05) is 13.1 Å². The van der Waals surface area contributed by atoms with Crippen molar-refractivity contribution >= 4 is 18.3 Å². The van der Waals surface area contributed by atoms with Crippen molar-refractivity contribution in [1.29, 1.82) is 0 Å². The van der Waals surface area contributed by atoms with E-state index in [9.17, 15) is 13.6 Å². The smallest absolute Gasteiger partial charge is 0.223 e. The first-order chi connectivity index (χ1) is 10.6. The number of nitrogens with one attached hydrogen (secondary N) is 2. The first-order valence-electron chi connectivity index (χ1n) is 8.02. The van der Waals surface area contributed by atoms with Crippen molar-refractivity contribution < 1.29 is 13.6 Å². The Labute approximate surface area is 141 Å². The summed E-state index contributed by atoms with van der Waals surface area (Å²) in [6.07, 6.45) is 3.06. The first kappa shape index (κ1) is 18.1. The maximum atomic E-state index is 13.5. The van der Waals surface area contributed by atoms with Crippen LogP contribution in [0.1, 0.15) is 37.7 Å². The molecule has 3 nitrogen and oxygen atoms in total. The highest BCUT2D eigenvalue weighted by Crippen LogP contribution is 2.37. The predicted molar refractivity (Wildman–Crippen MR) is 87.7 cm³/mol. The SMILES string of the molecule is CC(C(=O)NC1CNCCC1c1ccc(F)c(F)c1)C1CC1.Cl. The van der Waals surface area contributed by atoms with E-state index in [2.05, 4.69) is 10.6 Å². The van der Waals surface area contributed by atoms with Crippen molar-refractivity contribution in [1.82, 2.24) is 10.6 Å². The molecule has 3 atom stereocenters. The molecule has 1 amide bonds. The van der Waals surface area contributed by atoms with Crippen LogP contribution in [0.3, 0.4) is 0 Å².